The lowest BCUT2D eigenvalue weighted by Gasteiger charge is -2.34. The van der Waals surface area contributed by atoms with Gasteiger partial charge < -0.3 is 20.3 Å². The summed E-state index contributed by atoms with van der Waals surface area (Å²) >= 11 is 1.13. The van der Waals surface area contributed by atoms with E-state index in [1.165, 1.54) is 18.6 Å². The minimum atomic E-state index is -0.573. The summed E-state index contributed by atoms with van der Waals surface area (Å²) in [5.41, 5.74) is 2.18. The summed E-state index contributed by atoms with van der Waals surface area (Å²) < 4.78 is 27.5. The molecule has 1 fully saturated rings. The van der Waals surface area contributed by atoms with Gasteiger partial charge in [0.2, 0.25) is 5.91 Å². The predicted octanol–water partition coefficient (Wildman–Crippen LogP) is 5.67. The zero-order chi connectivity index (χ0) is 26.9. The van der Waals surface area contributed by atoms with E-state index in [-0.39, 0.29) is 16.5 Å². The van der Waals surface area contributed by atoms with Crippen LogP contribution in [0, 0.1) is 11.6 Å². The fourth-order valence-electron chi connectivity index (χ4n) is 5.40. The normalized spacial score (nSPS) is 14.3. The van der Waals surface area contributed by atoms with E-state index < -0.39 is 11.6 Å². The van der Waals surface area contributed by atoms with Crippen molar-refractivity contribution in [1.82, 2.24) is 15.2 Å². The molecule has 2 aromatic carbocycles. The van der Waals surface area contributed by atoms with Crippen molar-refractivity contribution in [3.8, 4) is 5.75 Å². The van der Waals surface area contributed by atoms with E-state index in [4.69, 9.17) is 0 Å². The van der Waals surface area contributed by atoms with Crippen LogP contribution < -0.4 is 10.2 Å². The quantitative estimate of drug-likeness (QED) is 0.242. The Balaban J connectivity index is 1.22. The van der Waals surface area contributed by atoms with Crippen molar-refractivity contribution in [1.29, 1.82) is 0 Å². The number of rotatable bonds is 13. The van der Waals surface area contributed by atoms with Crippen LogP contribution in [0.25, 0.3) is 10.2 Å². The van der Waals surface area contributed by atoms with Gasteiger partial charge in [0.05, 0.1) is 4.70 Å². The average molecular weight is 546 g/mol. The predicted molar refractivity (Wildman–Crippen MR) is 148 cm³/mol. The van der Waals surface area contributed by atoms with Gasteiger partial charge in [-0.05, 0) is 74.4 Å². The van der Waals surface area contributed by atoms with Gasteiger partial charge in [-0.25, -0.2) is 8.78 Å². The number of aromatic amines is 1. The highest BCUT2D eigenvalue weighted by Crippen LogP contribution is 2.29. The van der Waals surface area contributed by atoms with E-state index in [2.05, 4.69) is 15.2 Å². The molecule has 1 aliphatic carbocycles. The van der Waals surface area contributed by atoms with E-state index in [1.807, 2.05) is 6.07 Å². The second kappa shape index (κ2) is 13.8. The Morgan fingerprint density at radius 2 is 1.79 bits per heavy atom. The Morgan fingerprint density at radius 1 is 1.03 bits per heavy atom. The molecule has 0 unspecified atom stereocenters. The maximum absolute atomic E-state index is 13.4. The maximum atomic E-state index is 13.4. The van der Waals surface area contributed by atoms with E-state index >= 15 is 0 Å². The number of amides is 1. The number of phenolic OH excluding ortho intramolecular Hbond substituents is 1. The van der Waals surface area contributed by atoms with Gasteiger partial charge in [-0.2, -0.15) is 0 Å². The molecular formula is C29H37F2N3O3S. The van der Waals surface area contributed by atoms with Gasteiger partial charge in [-0.15, -0.1) is 0 Å². The number of benzene rings is 2. The second-order valence-electron chi connectivity index (χ2n) is 10.2. The molecule has 3 N–H and O–H groups in total. The highest BCUT2D eigenvalue weighted by Gasteiger charge is 2.24. The molecule has 1 aliphatic rings. The number of aryl methyl sites for hydroxylation is 1. The number of hydrogen-bond acceptors (Lipinski definition) is 5. The Hall–Kier alpha value is -2.78. The number of fused-ring (bicyclic) bond motifs is 1. The third kappa shape index (κ3) is 7.86. The number of nitrogens with zero attached hydrogens (tertiary/aromatic N) is 1. The van der Waals surface area contributed by atoms with Crippen LogP contribution in [0.3, 0.4) is 0 Å². The SMILES string of the molecule is O=C(CCNCCc1cc(F)cc(F)c1)N(CCCCCc1ccc(O)c2[nH]c(=O)sc12)C1CCCCC1. The smallest absolute Gasteiger partial charge is 0.305 e. The number of aromatic nitrogens is 1. The van der Waals surface area contributed by atoms with Crippen LogP contribution in [0.2, 0.25) is 0 Å². The first kappa shape index (κ1) is 28.2. The van der Waals surface area contributed by atoms with Crippen molar-refractivity contribution in [2.45, 2.75) is 76.7 Å². The molecule has 1 saturated carbocycles. The van der Waals surface area contributed by atoms with Crippen LogP contribution in [-0.4, -0.2) is 46.6 Å². The lowest BCUT2D eigenvalue weighted by atomic mass is 9.93. The highest BCUT2D eigenvalue weighted by molar-refractivity contribution is 7.16. The molecule has 0 radical (unpaired) electrons. The van der Waals surface area contributed by atoms with Gasteiger partial charge in [-0.3, -0.25) is 9.59 Å². The highest BCUT2D eigenvalue weighted by atomic mass is 32.1. The van der Waals surface area contributed by atoms with Crippen LogP contribution in [0.4, 0.5) is 8.78 Å². The number of H-pyrrole nitrogens is 1. The molecule has 9 heteroatoms. The third-order valence-electron chi connectivity index (χ3n) is 7.35. The largest absolute Gasteiger partial charge is 0.506 e. The second-order valence-corrected chi connectivity index (χ2v) is 11.2. The van der Waals surface area contributed by atoms with Gasteiger partial charge in [0.25, 0.3) is 0 Å². The number of halogens is 2. The number of aromatic hydroxyl groups is 1. The summed E-state index contributed by atoms with van der Waals surface area (Å²) in [6, 6.07) is 7.37. The van der Waals surface area contributed by atoms with Gasteiger partial charge >= 0.3 is 4.87 Å². The zero-order valence-corrected chi connectivity index (χ0v) is 22.6. The van der Waals surface area contributed by atoms with Crippen LogP contribution in [0.1, 0.15) is 68.9 Å². The minimum absolute atomic E-state index is 0.0982. The molecule has 206 valence electrons. The van der Waals surface area contributed by atoms with Crippen molar-refractivity contribution in [3.05, 3.63) is 62.8 Å². The fraction of sp³-hybridized carbons (Fsp3) is 0.517. The molecule has 4 rings (SSSR count). The van der Waals surface area contributed by atoms with E-state index in [0.29, 0.717) is 43.1 Å². The number of carbonyl (C=O) groups excluding carboxylic acids is 1. The Morgan fingerprint density at radius 3 is 2.55 bits per heavy atom. The maximum Gasteiger partial charge on any atom is 0.305 e. The summed E-state index contributed by atoms with van der Waals surface area (Å²) in [5, 5.41) is 13.2. The molecule has 1 heterocycles. The first-order chi connectivity index (χ1) is 18.4. The molecule has 3 aromatic rings. The lowest BCUT2D eigenvalue weighted by molar-refractivity contribution is -0.134. The number of carbonyl (C=O) groups is 1. The monoisotopic (exact) mass is 545 g/mol. The Bertz CT molecular complexity index is 1250. The van der Waals surface area contributed by atoms with Crippen molar-refractivity contribution in [2.24, 2.45) is 0 Å². The van der Waals surface area contributed by atoms with Crippen LogP contribution in [0.15, 0.2) is 35.1 Å². The molecule has 38 heavy (non-hydrogen) atoms. The van der Waals surface area contributed by atoms with E-state index in [0.717, 1.165) is 85.6 Å². The summed E-state index contributed by atoms with van der Waals surface area (Å²) in [7, 11) is 0. The van der Waals surface area contributed by atoms with Crippen LogP contribution >= 0.6 is 11.3 Å². The van der Waals surface area contributed by atoms with E-state index in [1.54, 1.807) is 6.07 Å². The molecule has 0 aliphatic heterocycles. The van der Waals surface area contributed by atoms with Crippen molar-refractivity contribution >= 4 is 27.5 Å². The number of unbranched alkanes of at least 4 members (excludes halogenated alkanes) is 2. The average Bonchev–Trinajstić information content (AvgIpc) is 3.29. The summed E-state index contributed by atoms with van der Waals surface area (Å²) in [6.45, 7) is 1.84. The van der Waals surface area contributed by atoms with Gasteiger partial charge in [0.1, 0.15) is 22.9 Å². The van der Waals surface area contributed by atoms with Gasteiger partial charge in [0.15, 0.2) is 0 Å². The zero-order valence-electron chi connectivity index (χ0n) is 21.7. The van der Waals surface area contributed by atoms with Gasteiger partial charge in [0, 0.05) is 31.6 Å². The van der Waals surface area contributed by atoms with E-state index in [9.17, 15) is 23.5 Å². The standard InChI is InChI=1S/C29H37F2N3O3S/c30-22-17-20(18-23(31)19-22)12-14-32-15-13-26(36)34(24-8-4-1-5-9-24)16-6-2-3-7-21-10-11-25(35)27-28(21)38-29(37)33-27/h10-11,17-19,24,32,35H,1-9,12-16H2,(H,33,37). The number of thiazole rings is 1. The van der Waals surface area contributed by atoms with Crippen molar-refractivity contribution in [2.75, 3.05) is 19.6 Å². The van der Waals surface area contributed by atoms with Crippen molar-refractivity contribution in [3.63, 3.8) is 0 Å². The van der Waals surface area contributed by atoms with Crippen LogP contribution in [-0.2, 0) is 17.6 Å². The number of nitrogens with one attached hydrogen (secondary N) is 2. The lowest BCUT2D eigenvalue weighted by Crippen LogP contribution is -2.43. The minimum Gasteiger partial charge on any atom is -0.506 e. The molecular weight excluding hydrogens is 508 g/mol. The summed E-state index contributed by atoms with van der Waals surface area (Å²) in [6.07, 6.45) is 10.2. The van der Waals surface area contributed by atoms with Crippen LogP contribution in [0.5, 0.6) is 5.75 Å². The molecule has 0 bridgehead atoms. The van der Waals surface area contributed by atoms with Crippen molar-refractivity contribution < 1.29 is 18.7 Å². The third-order valence-corrected chi connectivity index (χ3v) is 8.31. The first-order valence-corrected chi connectivity index (χ1v) is 14.5. The molecule has 0 saturated heterocycles. The number of hydrogen-bond donors (Lipinski definition) is 3. The summed E-state index contributed by atoms with van der Waals surface area (Å²) in [4.78, 5) is 29.5. The fourth-order valence-corrected chi connectivity index (χ4v) is 6.30. The van der Waals surface area contributed by atoms with Gasteiger partial charge in [-0.1, -0.05) is 43.1 Å². The topological polar surface area (TPSA) is 85.4 Å². The molecule has 1 aromatic heterocycles. The molecule has 0 atom stereocenters. The number of phenols is 1. The molecule has 1 amide bonds. The molecule has 6 nitrogen and oxygen atoms in total. The Kier molecular flexibility index (Phi) is 10.3. The summed E-state index contributed by atoms with van der Waals surface area (Å²) in [5.74, 6) is -0.882. The first-order valence-electron chi connectivity index (χ1n) is 13.7. The Labute approximate surface area is 226 Å². The molecule has 0 spiro atoms.